The Morgan fingerprint density at radius 3 is 2.05 bits per heavy atom. The molecule has 0 aliphatic rings. The van der Waals surface area contributed by atoms with E-state index in [1.54, 1.807) is 0 Å². The van der Waals surface area contributed by atoms with Crippen LogP contribution in [0, 0.1) is 0 Å². The largest absolute Gasteiger partial charge is 0.465 e. The number of carbonyl (C=O) groups excluding carboxylic acids is 3. The van der Waals surface area contributed by atoms with Crippen molar-refractivity contribution in [3.8, 4) is 0 Å². The molecule has 3 amide bonds. The Morgan fingerprint density at radius 2 is 1.79 bits per heavy atom. The van der Waals surface area contributed by atoms with Crippen molar-refractivity contribution >= 4 is 24.3 Å². The van der Waals surface area contributed by atoms with Gasteiger partial charge in [-0.2, -0.15) is 9.98 Å². The van der Waals surface area contributed by atoms with Gasteiger partial charge in [-0.3, -0.25) is 0 Å². The number of nitrogens with zero attached hydrogens (tertiary/aromatic N) is 2. The molecule has 19 heavy (non-hydrogen) atoms. The molecule has 0 aliphatic heterocycles. The molecule has 0 spiro atoms. The highest BCUT2D eigenvalue weighted by Crippen LogP contribution is 2.06. The standard InChI is InChI=1S/C8H12N2O2.C2H4N2O3/c1-2-3-4-5-8(9-6-11)10-7-12;3-1(5)4-2(6)7/h8H,2-5H2,1H3;(H,6,7)(H3,3,4,5). The molecule has 0 unspecified atom stereocenters. The van der Waals surface area contributed by atoms with Gasteiger partial charge in [0.25, 0.3) is 0 Å². The summed E-state index contributed by atoms with van der Waals surface area (Å²) in [7, 11) is 0. The summed E-state index contributed by atoms with van der Waals surface area (Å²) in [5, 5.41) is 9.03. The minimum absolute atomic E-state index is 0.563. The number of urea groups is 1. The third-order valence-electron chi connectivity index (χ3n) is 1.70. The summed E-state index contributed by atoms with van der Waals surface area (Å²) in [4.78, 5) is 45.3. The van der Waals surface area contributed by atoms with E-state index in [9.17, 15) is 19.2 Å². The van der Waals surface area contributed by atoms with Crippen molar-refractivity contribution in [3.05, 3.63) is 0 Å². The Labute approximate surface area is 109 Å². The first-order valence-corrected chi connectivity index (χ1v) is 5.41. The van der Waals surface area contributed by atoms with Gasteiger partial charge in [0, 0.05) is 0 Å². The molecule has 106 valence electrons. The molecule has 9 nitrogen and oxygen atoms in total. The van der Waals surface area contributed by atoms with Gasteiger partial charge in [-0.15, -0.1) is 0 Å². The van der Waals surface area contributed by atoms with E-state index in [0.717, 1.165) is 19.3 Å². The number of isocyanates is 2. The van der Waals surface area contributed by atoms with Gasteiger partial charge in [0.2, 0.25) is 12.2 Å². The van der Waals surface area contributed by atoms with Gasteiger partial charge in [-0.05, 0) is 12.8 Å². The average Bonchev–Trinajstić information content (AvgIpc) is 2.29. The van der Waals surface area contributed by atoms with Crippen molar-refractivity contribution in [2.45, 2.75) is 38.8 Å². The van der Waals surface area contributed by atoms with Gasteiger partial charge in [-0.25, -0.2) is 24.5 Å². The van der Waals surface area contributed by atoms with Crippen molar-refractivity contribution in [3.63, 3.8) is 0 Å². The molecular weight excluding hydrogens is 256 g/mol. The van der Waals surface area contributed by atoms with E-state index in [1.165, 1.54) is 17.5 Å². The normalized spacial score (nSPS) is 9.74. The molecule has 0 radical (unpaired) electrons. The molecule has 0 aliphatic carbocycles. The lowest BCUT2D eigenvalue weighted by Crippen LogP contribution is -2.33. The van der Waals surface area contributed by atoms with Crippen molar-refractivity contribution in [1.82, 2.24) is 5.32 Å². The number of primary amides is 1. The van der Waals surface area contributed by atoms with Crippen LogP contribution in [-0.4, -0.2) is 35.6 Å². The number of carbonyl (C=O) groups is 2. The number of unbranched alkanes of at least 4 members (excludes halogenated alkanes) is 2. The number of hydrogen-bond donors (Lipinski definition) is 3. The highest BCUT2D eigenvalue weighted by atomic mass is 16.4. The number of hydrogen-bond acceptors (Lipinski definition) is 6. The molecule has 0 heterocycles. The van der Waals surface area contributed by atoms with Crippen molar-refractivity contribution in [2.24, 2.45) is 15.7 Å². The summed E-state index contributed by atoms with van der Waals surface area (Å²) in [6.07, 6.45) is 4.44. The Balaban J connectivity index is 0. The van der Waals surface area contributed by atoms with E-state index < -0.39 is 18.3 Å². The lowest BCUT2D eigenvalue weighted by Gasteiger charge is -2.00. The monoisotopic (exact) mass is 272 g/mol. The Kier molecular flexibility index (Phi) is 13.5. The minimum Gasteiger partial charge on any atom is -0.465 e. The van der Waals surface area contributed by atoms with Crippen LogP contribution in [0.3, 0.4) is 0 Å². The molecule has 9 heteroatoms. The van der Waals surface area contributed by atoms with Crippen LogP contribution in [0.2, 0.25) is 0 Å². The van der Waals surface area contributed by atoms with Gasteiger partial charge < -0.3 is 10.8 Å². The summed E-state index contributed by atoms with van der Waals surface area (Å²) in [5.74, 6) is 0. The van der Waals surface area contributed by atoms with Crippen LogP contribution < -0.4 is 11.1 Å². The van der Waals surface area contributed by atoms with E-state index in [4.69, 9.17) is 5.11 Å². The second-order valence-corrected chi connectivity index (χ2v) is 3.21. The molecule has 0 aromatic heterocycles. The number of imide groups is 1. The molecule has 0 saturated carbocycles. The number of aliphatic imine (C=N–C) groups is 2. The quantitative estimate of drug-likeness (QED) is 0.372. The minimum atomic E-state index is -1.44. The van der Waals surface area contributed by atoms with Crippen LogP contribution >= 0.6 is 0 Å². The van der Waals surface area contributed by atoms with Crippen LogP contribution in [0.15, 0.2) is 9.98 Å². The van der Waals surface area contributed by atoms with Crippen LogP contribution in [0.1, 0.15) is 32.6 Å². The molecule has 4 N–H and O–H groups in total. The van der Waals surface area contributed by atoms with Crippen LogP contribution in [-0.2, 0) is 9.59 Å². The fourth-order valence-corrected chi connectivity index (χ4v) is 0.962. The van der Waals surface area contributed by atoms with E-state index in [0.29, 0.717) is 6.42 Å². The SMILES string of the molecule is CCCCCC(N=C=O)N=C=O.NC(=O)NC(=O)O. The lowest BCUT2D eigenvalue weighted by atomic mass is 10.2. The molecule has 0 bridgehead atoms. The smallest absolute Gasteiger partial charge is 0.412 e. The number of nitrogens with two attached hydrogens (primary N) is 1. The predicted molar refractivity (Wildman–Crippen MR) is 64.9 cm³/mol. The molecule has 0 saturated heterocycles. The Bertz CT molecular complexity index is 342. The van der Waals surface area contributed by atoms with Crippen molar-refractivity contribution < 1.29 is 24.3 Å². The topological polar surface area (TPSA) is 151 Å². The molecule has 0 fully saturated rings. The number of nitrogens with one attached hydrogen (secondary N) is 1. The summed E-state index contributed by atoms with van der Waals surface area (Å²) >= 11 is 0. The molecule has 0 aromatic carbocycles. The summed E-state index contributed by atoms with van der Waals surface area (Å²) < 4.78 is 0. The summed E-state index contributed by atoms with van der Waals surface area (Å²) in [6, 6.07) is -1.06. The third kappa shape index (κ3) is 18.1. The molecule has 0 atom stereocenters. The fourth-order valence-electron chi connectivity index (χ4n) is 0.962. The van der Waals surface area contributed by atoms with Gasteiger partial charge >= 0.3 is 12.1 Å². The number of carboxylic acid groups (broad SMARTS) is 1. The number of rotatable bonds is 6. The zero-order valence-electron chi connectivity index (χ0n) is 10.5. The molecule has 0 rings (SSSR count). The average molecular weight is 272 g/mol. The second-order valence-electron chi connectivity index (χ2n) is 3.21. The lowest BCUT2D eigenvalue weighted by molar-refractivity contribution is 0.193. The van der Waals surface area contributed by atoms with E-state index in [2.05, 4.69) is 22.6 Å². The Morgan fingerprint density at radius 1 is 1.26 bits per heavy atom. The zero-order valence-corrected chi connectivity index (χ0v) is 10.5. The van der Waals surface area contributed by atoms with Crippen LogP contribution in [0.5, 0.6) is 0 Å². The molecule has 0 aromatic rings. The Hall–Kier alpha value is -2.50. The summed E-state index contributed by atoms with van der Waals surface area (Å²) in [5.41, 5.74) is 4.36. The highest BCUT2D eigenvalue weighted by Gasteiger charge is 2.02. The van der Waals surface area contributed by atoms with Crippen molar-refractivity contribution in [1.29, 1.82) is 0 Å². The van der Waals surface area contributed by atoms with E-state index in [-0.39, 0.29) is 0 Å². The van der Waals surface area contributed by atoms with Crippen LogP contribution in [0.25, 0.3) is 0 Å². The van der Waals surface area contributed by atoms with Gasteiger partial charge in [0.15, 0.2) is 6.17 Å². The zero-order chi connectivity index (χ0) is 15.1. The first-order chi connectivity index (χ1) is 8.97. The maximum Gasteiger partial charge on any atom is 0.412 e. The van der Waals surface area contributed by atoms with Gasteiger partial charge in [0.05, 0.1) is 0 Å². The van der Waals surface area contributed by atoms with E-state index in [1.807, 2.05) is 0 Å². The predicted octanol–water partition coefficient (Wildman–Crippen LogP) is 0.897. The maximum absolute atomic E-state index is 9.84. The maximum atomic E-state index is 9.84. The second kappa shape index (κ2) is 13.6. The first-order valence-electron chi connectivity index (χ1n) is 5.41. The van der Waals surface area contributed by atoms with Gasteiger partial charge in [0.1, 0.15) is 0 Å². The van der Waals surface area contributed by atoms with Gasteiger partial charge in [-0.1, -0.05) is 19.8 Å². The van der Waals surface area contributed by atoms with E-state index >= 15 is 0 Å². The summed E-state index contributed by atoms with van der Waals surface area (Å²) in [6.45, 7) is 2.07. The van der Waals surface area contributed by atoms with Crippen LogP contribution in [0.4, 0.5) is 9.59 Å². The third-order valence-corrected chi connectivity index (χ3v) is 1.70. The fraction of sp³-hybridized carbons (Fsp3) is 0.600. The molecular formula is C10H16N4O5. The first kappa shape index (κ1) is 18.9. The highest BCUT2D eigenvalue weighted by molar-refractivity contribution is 5.88. The number of amides is 3. The van der Waals surface area contributed by atoms with Crippen molar-refractivity contribution in [2.75, 3.05) is 0 Å².